The maximum absolute atomic E-state index is 13.3. The smallest absolute Gasteiger partial charge is 0.260 e. The number of amides is 1. The van der Waals surface area contributed by atoms with Crippen molar-refractivity contribution in [3.05, 3.63) is 52.7 Å². The Morgan fingerprint density at radius 3 is 2.54 bits per heavy atom. The van der Waals surface area contributed by atoms with Crippen molar-refractivity contribution in [3.8, 4) is 0 Å². The molecule has 1 amide bonds. The van der Waals surface area contributed by atoms with Crippen molar-refractivity contribution in [1.29, 1.82) is 0 Å². The maximum Gasteiger partial charge on any atom is 0.260 e. The molecule has 0 saturated heterocycles. The van der Waals surface area contributed by atoms with Crippen LogP contribution in [0.4, 0.5) is 5.82 Å². The zero-order valence-corrected chi connectivity index (χ0v) is 17.0. The van der Waals surface area contributed by atoms with Crippen LogP contribution in [0, 0.1) is 5.41 Å². The zero-order chi connectivity index (χ0) is 20.0. The van der Waals surface area contributed by atoms with E-state index < -0.39 is 0 Å². The van der Waals surface area contributed by atoms with Crippen LogP contribution in [-0.4, -0.2) is 21.5 Å². The lowest BCUT2D eigenvalue weighted by molar-refractivity contribution is -0.118. The Bertz CT molecular complexity index is 1080. The van der Waals surface area contributed by atoms with Gasteiger partial charge in [0.05, 0.1) is 17.4 Å². The van der Waals surface area contributed by atoms with Crippen molar-refractivity contribution in [2.24, 2.45) is 5.41 Å². The van der Waals surface area contributed by atoms with E-state index in [4.69, 9.17) is 5.10 Å². The van der Waals surface area contributed by atoms with Crippen LogP contribution in [0.25, 0.3) is 5.70 Å². The summed E-state index contributed by atoms with van der Waals surface area (Å²) in [5.74, 6) is 0.857. The lowest BCUT2D eigenvalue weighted by atomic mass is 9.73. The Balaban J connectivity index is 1.83. The van der Waals surface area contributed by atoms with Gasteiger partial charge >= 0.3 is 0 Å². The Hall–Kier alpha value is -2.69. The van der Waals surface area contributed by atoms with Gasteiger partial charge in [0.15, 0.2) is 5.78 Å². The van der Waals surface area contributed by atoms with E-state index in [1.807, 2.05) is 35.0 Å². The molecule has 0 bridgehead atoms. The van der Waals surface area contributed by atoms with Gasteiger partial charge in [0.2, 0.25) is 0 Å². The molecular weight excluding hydrogens is 350 g/mol. The number of allylic oxidation sites excluding steroid dienone is 1. The van der Waals surface area contributed by atoms with Crippen molar-refractivity contribution >= 4 is 23.2 Å². The number of rotatable bonds is 0. The molecule has 3 heterocycles. The van der Waals surface area contributed by atoms with E-state index in [2.05, 4.69) is 34.6 Å². The van der Waals surface area contributed by atoms with Crippen molar-refractivity contribution in [1.82, 2.24) is 9.78 Å². The first-order chi connectivity index (χ1) is 13.1. The summed E-state index contributed by atoms with van der Waals surface area (Å²) in [6.07, 6.45) is 1.27. The van der Waals surface area contributed by atoms with Crippen molar-refractivity contribution in [2.45, 2.75) is 58.9 Å². The molecule has 144 valence electrons. The van der Waals surface area contributed by atoms with Crippen molar-refractivity contribution < 1.29 is 9.59 Å². The highest BCUT2D eigenvalue weighted by atomic mass is 16.2. The number of Topliss-reactive ketones (excluding diaryl/α,β-unsaturated/α-hetero) is 1. The number of hydrogen-bond donors (Lipinski definition) is 0. The number of ketones is 1. The number of hydrogen-bond acceptors (Lipinski definition) is 3. The molecule has 3 aliphatic rings. The van der Waals surface area contributed by atoms with Gasteiger partial charge in [0, 0.05) is 29.0 Å². The fourth-order valence-corrected chi connectivity index (χ4v) is 4.75. The van der Waals surface area contributed by atoms with Crippen LogP contribution in [0.2, 0.25) is 0 Å². The van der Waals surface area contributed by atoms with Gasteiger partial charge in [0.25, 0.3) is 5.91 Å². The first-order valence-corrected chi connectivity index (χ1v) is 9.88. The molecule has 1 aromatic heterocycles. The average molecular weight is 375 g/mol. The minimum Gasteiger partial charge on any atom is -0.294 e. The van der Waals surface area contributed by atoms with Crippen LogP contribution >= 0.6 is 0 Å². The van der Waals surface area contributed by atoms with Crippen LogP contribution < -0.4 is 4.90 Å². The standard InChI is InChI=1S/C23H25N3O2/c1-22(2,3)17-10-18-25-20(13-8-6-7-9-14(13)21(25)28)19-15(26(18)24-17)11-23(4,5)12-16(19)27/h6-10,20H,11-12H2,1-5H3. The van der Waals surface area contributed by atoms with Crippen LogP contribution in [0.15, 0.2) is 35.9 Å². The molecule has 28 heavy (non-hydrogen) atoms. The van der Waals surface area contributed by atoms with E-state index >= 15 is 0 Å². The van der Waals surface area contributed by atoms with Crippen LogP contribution in [0.5, 0.6) is 0 Å². The summed E-state index contributed by atoms with van der Waals surface area (Å²) in [7, 11) is 0. The Kier molecular flexibility index (Phi) is 3.25. The summed E-state index contributed by atoms with van der Waals surface area (Å²) in [5.41, 5.74) is 3.97. The molecule has 1 aromatic carbocycles. The van der Waals surface area contributed by atoms with Gasteiger partial charge < -0.3 is 0 Å². The minimum atomic E-state index is -0.334. The monoisotopic (exact) mass is 375 g/mol. The molecule has 0 radical (unpaired) electrons. The SMILES string of the molecule is CC1(C)CC(=O)C2=C(C1)n1nc(C(C)(C)C)cc1N1C(=O)c3ccccc3C21. The molecule has 2 aliphatic heterocycles. The number of aromatic nitrogens is 2. The molecule has 0 saturated carbocycles. The highest BCUT2D eigenvalue weighted by molar-refractivity contribution is 6.16. The summed E-state index contributed by atoms with van der Waals surface area (Å²) in [4.78, 5) is 28.4. The van der Waals surface area contributed by atoms with E-state index in [1.165, 1.54) is 0 Å². The topological polar surface area (TPSA) is 55.2 Å². The van der Waals surface area contributed by atoms with Gasteiger partial charge in [-0.2, -0.15) is 5.10 Å². The van der Waals surface area contributed by atoms with E-state index in [0.717, 1.165) is 34.8 Å². The molecule has 1 aliphatic carbocycles. The Morgan fingerprint density at radius 1 is 1.11 bits per heavy atom. The third kappa shape index (κ3) is 2.22. The van der Waals surface area contributed by atoms with Crippen LogP contribution in [0.1, 0.15) is 75.1 Å². The zero-order valence-electron chi connectivity index (χ0n) is 17.0. The normalized spacial score (nSPS) is 22.8. The van der Waals surface area contributed by atoms with E-state index in [0.29, 0.717) is 12.0 Å². The largest absolute Gasteiger partial charge is 0.294 e. The van der Waals surface area contributed by atoms with Crippen LogP contribution in [-0.2, 0) is 10.2 Å². The first-order valence-electron chi connectivity index (χ1n) is 9.88. The summed E-state index contributed by atoms with van der Waals surface area (Å²) < 4.78 is 1.87. The predicted octanol–water partition coefficient (Wildman–Crippen LogP) is 4.50. The van der Waals surface area contributed by atoms with E-state index in [9.17, 15) is 9.59 Å². The van der Waals surface area contributed by atoms with Crippen molar-refractivity contribution in [2.75, 3.05) is 4.90 Å². The number of carbonyl (C=O) groups is 2. The lowest BCUT2D eigenvalue weighted by Gasteiger charge is -2.40. The second-order valence-corrected chi connectivity index (χ2v) is 10.0. The first kappa shape index (κ1) is 17.4. The Labute approximate surface area is 165 Å². The van der Waals surface area contributed by atoms with Gasteiger partial charge in [-0.25, -0.2) is 4.68 Å². The Morgan fingerprint density at radius 2 is 1.82 bits per heavy atom. The molecule has 5 nitrogen and oxygen atoms in total. The summed E-state index contributed by atoms with van der Waals surface area (Å²) in [6, 6.07) is 9.35. The maximum atomic E-state index is 13.3. The van der Waals surface area contributed by atoms with E-state index in [-0.39, 0.29) is 28.6 Å². The molecule has 5 rings (SSSR count). The highest BCUT2D eigenvalue weighted by Gasteiger charge is 2.50. The second-order valence-electron chi connectivity index (χ2n) is 10.0. The molecular formula is C23H25N3O2. The van der Waals surface area contributed by atoms with Gasteiger partial charge in [0.1, 0.15) is 5.82 Å². The summed E-state index contributed by atoms with van der Waals surface area (Å²) in [6.45, 7) is 10.6. The van der Waals surface area contributed by atoms with Crippen molar-refractivity contribution in [3.63, 3.8) is 0 Å². The molecule has 0 fully saturated rings. The van der Waals surface area contributed by atoms with E-state index in [1.54, 1.807) is 4.90 Å². The number of nitrogens with zero attached hydrogens (tertiary/aromatic N) is 3. The second kappa shape index (κ2) is 5.22. The summed E-state index contributed by atoms with van der Waals surface area (Å²) >= 11 is 0. The lowest BCUT2D eigenvalue weighted by Crippen LogP contribution is -2.40. The third-order valence-corrected chi connectivity index (χ3v) is 6.09. The number of fused-ring (bicyclic) bond motifs is 7. The van der Waals surface area contributed by atoms with Gasteiger partial charge in [-0.05, 0) is 23.5 Å². The average Bonchev–Trinajstić information content (AvgIpc) is 3.15. The summed E-state index contributed by atoms with van der Waals surface area (Å²) in [5, 5.41) is 4.88. The molecule has 0 spiro atoms. The fourth-order valence-electron chi connectivity index (χ4n) is 4.75. The number of anilines is 1. The molecule has 5 heteroatoms. The molecule has 1 unspecified atom stereocenters. The number of benzene rings is 1. The number of carbonyl (C=O) groups excluding carboxylic acids is 2. The fraction of sp³-hybridized carbons (Fsp3) is 0.435. The minimum absolute atomic E-state index is 0.0496. The highest BCUT2D eigenvalue weighted by Crippen LogP contribution is 2.53. The third-order valence-electron chi connectivity index (χ3n) is 6.09. The molecule has 2 aromatic rings. The quantitative estimate of drug-likeness (QED) is 0.681. The van der Waals surface area contributed by atoms with Gasteiger partial charge in [-0.15, -0.1) is 0 Å². The molecule has 0 N–H and O–H groups in total. The van der Waals surface area contributed by atoms with Crippen LogP contribution in [0.3, 0.4) is 0 Å². The van der Waals surface area contributed by atoms with Gasteiger partial charge in [-0.3, -0.25) is 14.5 Å². The van der Waals surface area contributed by atoms with Gasteiger partial charge in [-0.1, -0.05) is 52.8 Å². The molecule has 1 atom stereocenters. The predicted molar refractivity (Wildman–Crippen MR) is 108 cm³/mol.